The number of Topliss-reactive ketones (excluding diaryl/α,β-unsaturated/α-hetero) is 1. The molecule has 0 saturated heterocycles. The van der Waals surface area contributed by atoms with E-state index in [1.54, 1.807) is 0 Å². The Morgan fingerprint density at radius 2 is 2.03 bits per heavy atom. The van der Waals surface area contributed by atoms with Gasteiger partial charge in [-0.3, -0.25) is 4.79 Å². The normalized spacial score (nSPS) is 22.4. The topological polar surface area (TPSA) is 89.1 Å². The van der Waals surface area contributed by atoms with Gasteiger partial charge in [0.15, 0.2) is 5.78 Å². The average molecular weight is 435 g/mol. The average Bonchev–Trinajstić information content (AvgIpc) is 3.17. The van der Waals surface area contributed by atoms with E-state index in [4.69, 9.17) is 14.5 Å². The van der Waals surface area contributed by atoms with Crippen molar-refractivity contribution < 1.29 is 14.3 Å². The van der Waals surface area contributed by atoms with Crippen LogP contribution in [0.25, 0.3) is 22.2 Å². The number of nitrogens with zero attached hydrogens (tertiary/aromatic N) is 2. The Labute approximate surface area is 187 Å². The summed E-state index contributed by atoms with van der Waals surface area (Å²) < 4.78 is 11.8. The second-order valence-corrected chi connectivity index (χ2v) is 9.40. The number of aromatic amines is 1. The first-order chi connectivity index (χ1) is 15.4. The number of hydrogen-bond acceptors (Lipinski definition) is 6. The van der Waals surface area contributed by atoms with Crippen LogP contribution >= 0.6 is 0 Å². The molecule has 0 bridgehead atoms. The van der Waals surface area contributed by atoms with Gasteiger partial charge in [-0.25, -0.2) is 4.98 Å². The van der Waals surface area contributed by atoms with Crippen molar-refractivity contribution in [1.29, 1.82) is 0 Å². The summed E-state index contributed by atoms with van der Waals surface area (Å²) >= 11 is 0. The van der Waals surface area contributed by atoms with E-state index in [0.29, 0.717) is 35.8 Å². The quantitative estimate of drug-likeness (QED) is 0.579. The molecule has 1 saturated carbocycles. The molecule has 2 aromatic heterocycles. The largest absolute Gasteiger partial charge is 0.487 e. The van der Waals surface area contributed by atoms with Crippen LogP contribution in [0.3, 0.4) is 0 Å². The van der Waals surface area contributed by atoms with Crippen LogP contribution in [-0.4, -0.2) is 45.1 Å². The zero-order chi connectivity index (χ0) is 22.3. The van der Waals surface area contributed by atoms with Crippen molar-refractivity contribution in [3.63, 3.8) is 0 Å². The molecule has 0 atom stereocenters. The van der Waals surface area contributed by atoms with Gasteiger partial charge in [-0.05, 0) is 64.2 Å². The van der Waals surface area contributed by atoms with Crippen LogP contribution in [0.5, 0.6) is 5.75 Å². The number of ether oxygens (including phenoxy) is 2. The molecule has 32 heavy (non-hydrogen) atoms. The Kier molecular flexibility index (Phi) is 5.37. The predicted octanol–water partition coefficient (Wildman–Crippen LogP) is 5.13. The molecular weight excluding hydrogens is 404 g/mol. The van der Waals surface area contributed by atoms with Crippen molar-refractivity contribution in [2.45, 2.75) is 70.6 Å². The first kappa shape index (κ1) is 20.9. The summed E-state index contributed by atoms with van der Waals surface area (Å²) in [6, 6.07) is 6.14. The maximum Gasteiger partial charge on any atom is 0.224 e. The number of carbonyl (C=O) groups is 1. The molecule has 1 fully saturated rings. The van der Waals surface area contributed by atoms with E-state index in [9.17, 15) is 4.79 Å². The van der Waals surface area contributed by atoms with Crippen LogP contribution in [0.1, 0.15) is 63.2 Å². The first-order valence-electron chi connectivity index (χ1n) is 11.5. The molecule has 0 unspecified atom stereocenters. The van der Waals surface area contributed by atoms with Gasteiger partial charge < -0.3 is 19.8 Å². The highest BCUT2D eigenvalue weighted by Crippen LogP contribution is 2.37. The highest BCUT2D eigenvalue weighted by Gasteiger charge is 2.32. The Bertz CT molecular complexity index is 1150. The van der Waals surface area contributed by atoms with Gasteiger partial charge in [0.2, 0.25) is 5.95 Å². The number of hydrogen-bond donors (Lipinski definition) is 2. The Morgan fingerprint density at radius 3 is 2.81 bits per heavy atom. The molecule has 2 N–H and O–H groups in total. The van der Waals surface area contributed by atoms with Crippen molar-refractivity contribution in [1.82, 2.24) is 15.0 Å². The number of aromatic nitrogens is 3. The molecule has 0 spiro atoms. The Balaban J connectivity index is 1.35. The molecule has 0 amide bonds. The highest BCUT2D eigenvalue weighted by molar-refractivity contribution is 6.02. The molecule has 3 heterocycles. The standard InChI is InChI=1S/C25H30N4O3/c1-4-31-17-8-6-16(7-9-17)28-24-27-14-20-19(13-26-23(20)29-24)15-5-10-18-21(30)12-25(2,3)32-22(18)11-15/h5,10-11,13-14,16-17H,4,6-9,12H2,1-3H3,(H2,26,27,28,29)/t16-,17+. The molecule has 1 aliphatic carbocycles. The summed E-state index contributed by atoms with van der Waals surface area (Å²) in [6.07, 6.45) is 8.84. The number of benzene rings is 1. The van der Waals surface area contributed by atoms with Gasteiger partial charge >= 0.3 is 0 Å². The minimum atomic E-state index is -0.492. The second kappa shape index (κ2) is 8.20. The lowest BCUT2D eigenvalue weighted by Gasteiger charge is -2.31. The van der Waals surface area contributed by atoms with Crippen molar-refractivity contribution in [2.75, 3.05) is 11.9 Å². The molecule has 3 aromatic rings. The van der Waals surface area contributed by atoms with E-state index in [2.05, 4.69) is 22.2 Å². The van der Waals surface area contributed by atoms with Crippen LogP contribution in [-0.2, 0) is 4.74 Å². The van der Waals surface area contributed by atoms with Gasteiger partial charge in [0.05, 0.1) is 18.1 Å². The van der Waals surface area contributed by atoms with Gasteiger partial charge in [0.25, 0.3) is 0 Å². The van der Waals surface area contributed by atoms with Crippen LogP contribution in [0.15, 0.2) is 30.6 Å². The summed E-state index contributed by atoms with van der Waals surface area (Å²) in [4.78, 5) is 25.0. The lowest BCUT2D eigenvalue weighted by atomic mass is 9.91. The maximum atomic E-state index is 12.4. The van der Waals surface area contributed by atoms with Gasteiger partial charge in [-0.2, -0.15) is 4.98 Å². The number of carbonyl (C=O) groups excluding carboxylic acids is 1. The van der Waals surface area contributed by atoms with Crippen molar-refractivity contribution >= 4 is 22.8 Å². The third kappa shape index (κ3) is 4.09. The Hall–Kier alpha value is -2.93. The van der Waals surface area contributed by atoms with E-state index in [1.807, 2.05) is 44.4 Å². The zero-order valence-electron chi connectivity index (χ0n) is 18.9. The molecule has 7 heteroatoms. The monoisotopic (exact) mass is 434 g/mol. The van der Waals surface area contributed by atoms with E-state index < -0.39 is 5.60 Å². The fourth-order valence-electron chi connectivity index (χ4n) is 4.83. The van der Waals surface area contributed by atoms with Gasteiger partial charge in [-0.1, -0.05) is 6.07 Å². The number of rotatable bonds is 5. The summed E-state index contributed by atoms with van der Waals surface area (Å²) in [5.41, 5.74) is 2.91. The summed E-state index contributed by atoms with van der Waals surface area (Å²) in [5.74, 6) is 1.41. The lowest BCUT2D eigenvalue weighted by molar-refractivity contribution is 0.0346. The van der Waals surface area contributed by atoms with E-state index in [1.165, 1.54) is 0 Å². The summed E-state index contributed by atoms with van der Waals surface area (Å²) in [7, 11) is 0. The third-order valence-corrected chi connectivity index (χ3v) is 6.41. The van der Waals surface area contributed by atoms with E-state index >= 15 is 0 Å². The van der Waals surface area contributed by atoms with Gasteiger partial charge in [0.1, 0.15) is 17.0 Å². The number of anilines is 1. The minimum Gasteiger partial charge on any atom is -0.487 e. The van der Waals surface area contributed by atoms with Crippen molar-refractivity contribution in [3.8, 4) is 16.9 Å². The minimum absolute atomic E-state index is 0.121. The fourth-order valence-corrected chi connectivity index (χ4v) is 4.83. The number of ketones is 1. The first-order valence-corrected chi connectivity index (χ1v) is 11.5. The molecular formula is C25H30N4O3. The number of fused-ring (bicyclic) bond motifs is 2. The van der Waals surface area contributed by atoms with Crippen LogP contribution in [0.4, 0.5) is 5.95 Å². The predicted molar refractivity (Wildman–Crippen MR) is 124 cm³/mol. The van der Waals surface area contributed by atoms with E-state index in [-0.39, 0.29) is 5.78 Å². The zero-order valence-corrected chi connectivity index (χ0v) is 18.9. The van der Waals surface area contributed by atoms with Crippen LogP contribution < -0.4 is 10.1 Å². The van der Waals surface area contributed by atoms with Crippen molar-refractivity contribution in [3.05, 3.63) is 36.2 Å². The Morgan fingerprint density at radius 1 is 1.22 bits per heavy atom. The molecule has 1 aliphatic heterocycles. The summed E-state index contributed by atoms with van der Waals surface area (Å²) in [6.45, 7) is 6.72. The SMILES string of the molecule is CCO[C@H]1CC[C@@H](Nc2ncc3c(-c4ccc5c(c4)OC(C)(C)CC5=O)c[nH]c3n2)CC1. The molecule has 168 valence electrons. The molecule has 7 nitrogen and oxygen atoms in total. The third-order valence-electron chi connectivity index (χ3n) is 6.41. The molecule has 1 aromatic carbocycles. The molecule has 2 aliphatic rings. The smallest absolute Gasteiger partial charge is 0.224 e. The summed E-state index contributed by atoms with van der Waals surface area (Å²) in [5, 5.41) is 4.43. The number of H-pyrrole nitrogens is 1. The number of nitrogens with one attached hydrogen (secondary N) is 2. The maximum absolute atomic E-state index is 12.4. The molecule has 5 rings (SSSR count). The fraction of sp³-hybridized carbons (Fsp3) is 0.480. The lowest BCUT2D eigenvalue weighted by Crippen LogP contribution is -2.35. The molecule has 0 radical (unpaired) electrons. The van der Waals surface area contributed by atoms with Crippen LogP contribution in [0, 0.1) is 0 Å². The van der Waals surface area contributed by atoms with Gasteiger partial charge in [0, 0.05) is 36.0 Å². The van der Waals surface area contributed by atoms with E-state index in [0.717, 1.165) is 54.5 Å². The highest BCUT2D eigenvalue weighted by atomic mass is 16.5. The van der Waals surface area contributed by atoms with Crippen LogP contribution in [0.2, 0.25) is 0 Å². The second-order valence-electron chi connectivity index (χ2n) is 9.40. The van der Waals surface area contributed by atoms with Crippen molar-refractivity contribution in [2.24, 2.45) is 0 Å². The van der Waals surface area contributed by atoms with Gasteiger partial charge in [-0.15, -0.1) is 0 Å².